The van der Waals surface area contributed by atoms with Crippen LogP contribution in [-0.4, -0.2) is 68.0 Å². The Morgan fingerprint density at radius 1 is 0.925 bits per heavy atom. The lowest BCUT2D eigenvalue weighted by Crippen LogP contribution is -2.56. The molecule has 9 heteroatoms. The number of fused-ring (bicyclic) bond motifs is 1. The zero-order chi connectivity index (χ0) is 25.5. The minimum Gasteiger partial charge on any atom is -0.329 e. The topological polar surface area (TPSA) is 41.4 Å². The zero-order valence-corrected chi connectivity index (χ0v) is 24.7. The molecule has 0 aliphatic carbocycles. The van der Waals surface area contributed by atoms with Crippen molar-refractivity contribution in [1.82, 2.24) is 19.7 Å². The highest BCUT2D eigenvalue weighted by Crippen LogP contribution is 2.41. The van der Waals surface area contributed by atoms with Gasteiger partial charge < -0.3 is 4.90 Å². The molecule has 1 amide bonds. The Kier molecular flexibility index (Phi) is 8.59. The van der Waals surface area contributed by atoms with Crippen molar-refractivity contribution in [2.45, 2.75) is 18.9 Å². The van der Waals surface area contributed by atoms with Gasteiger partial charge in [0.2, 0.25) is 0 Å². The molecule has 5 heterocycles. The number of nitrogens with zero attached hydrogens (tertiary/aromatic N) is 5. The summed E-state index contributed by atoms with van der Waals surface area (Å²) in [5.41, 5.74) is 6.70. The number of quaternary nitrogens is 1. The molecule has 4 aliphatic heterocycles. The monoisotopic (exact) mass is 594 g/mol. The van der Waals surface area contributed by atoms with Gasteiger partial charge in [0.15, 0.2) is 5.70 Å². The predicted molar refractivity (Wildman–Crippen MR) is 167 cm³/mol. The minimum absolute atomic E-state index is 0. The van der Waals surface area contributed by atoms with Crippen molar-refractivity contribution in [3.63, 3.8) is 0 Å². The van der Waals surface area contributed by atoms with Gasteiger partial charge in [0.05, 0.1) is 42.0 Å². The van der Waals surface area contributed by atoms with E-state index < -0.39 is 0 Å². The molecule has 40 heavy (non-hydrogen) atoms. The van der Waals surface area contributed by atoms with Crippen LogP contribution < -0.4 is 0 Å². The molecule has 1 aromatic heterocycles. The molecule has 0 unspecified atom stereocenters. The molecule has 4 aliphatic rings. The fourth-order valence-electron chi connectivity index (χ4n) is 6.25. The first-order valence-corrected chi connectivity index (χ1v) is 14.7. The smallest absolute Gasteiger partial charge is 0.256 e. The third kappa shape index (κ3) is 5.06. The number of carbonyl (C=O) groups is 1. The Bertz CT molecular complexity index is 1440. The van der Waals surface area contributed by atoms with Gasteiger partial charge in [-0.25, -0.2) is 0 Å². The predicted octanol–water partition coefficient (Wildman–Crippen LogP) is 6.31. The van der Waals surface area contributed by atoms with Crippen LogP contribution in [0.15, 0.2) is 102 Å². The Balaban J connectivity index is 0.00000161. The lowest BCUT2D eigenvalue weighted by Gasteiger charge is -2.43. The first-order chi connectivity index (χ1) is 18.7. The summed E-state index contributed by atoms with van der Waals surface area (Å²) in [6, 6.07) is 23.6. The number of halogens is 2. The van der Waals surface area contributed by atoms with Gasteiger partial charge in [-0.3, -0.25) is 9.48 Å². The molecule has 0 radical (unpaired) electrons. The van der Waals surface area contributed by atoms with E-state index in [-0.39, 0.29) is 30.7 Å². The number of carbonyl (C=O) groups excluding carboxylic acids is 1. The van der Waals surface area contributed by atoms with Gasteiger partial charge in [-0.2, -0.15) is 9.69 Å². The summed E-state index contributed by atoms with van der Waals surface area (Å²) in [5, 5.41) is 7.70. The quantitative estimate of drug-likeness (QED) is 0.324. The van der Waals surface area contributed by atoms with E-state index in [9.17, 15) is 4.79 Å². The molecule has 0 bridgehead atoms. The summed E-state index contributed by atoms with van der Waals surface area (Å²) in [6.07, 6.45) is 10.8. The molecule has 7 rings (SSSR count). The number of thioether (sulfide) groups is 1. The SMILES string of the molecule is Cl.Cl.O=C(C1=CC2=CC=C[N@@+]2(N2CCC(n3nc(-c4ccccc4)cc3-c3ccccc3)CC2)C1)N1CCSC1. The van der Waals surface area contributed by atoms with Crippen LogP contribution in [0.1, 0.15) is 18.9 Å². The fraction of sp³-hybridized carbons (Fsp3) is 0.290. The largest absolute Gasteiger partial charge is 0.329 e. The van der Waals surface area contributed by atoms with Crippen LogP contribution in [0.2, 0.25) is 0 Å². The van der Waals surface area contributed by atoms with E-state index in [1.807, 2.05) is 22.7 Å². The fourth-order valence-corrected chi connectivity index (χ4v) is 7.20. The van der Waals surface area contributed by atoms with Crippen molar-refractivity contribution in [2.75, 3.05) is 37.8 Å². The van der Waals surface area contributed by atoms with Gasteiger partial charge in [-0.05, 0) is 30.5 Å². The van der Waals surface area contributed by atoms with Crippen molar-refractivity contribution in [2.24, 2.45) is 0 Å². The number of benzene rings is 2. The van der Waals surface area contributed by atoms with Gasteiger partial charge in [0.1, 0.15) is 12.7 Å². The molecular formula is C31H34Cl2N5OS+. The molecule has 2 saturated heterocycles. The highest BCUT2D eigenvalue weighted by molar-refractivity contribution is 7.99. The second-order valence-corrected chi connectivity index (χ2v) is 11.5. The molecule has 0 saturated carbocycles. The van der Waals surface area contributed by atoms with Crippen molar-refractivity contribution in [3.8, 4) is 22.5 Å². The van der Waals surface area contributed by atoms with Gasteiger partial charge in [-0.1, -0.05) is 60.7 Å². The lowest BCUT2D eigenvalue weighted by molar-refractivity contribution is -0.949. The van der Waals surface area contributed by atoms with Gasteiger partial charge in [-0.15, -0.1) is 41.6 Å². The average Bonchev–Trinajstić information content (AvgIpc) is 3.77. The minimum atomic E-state index is 0. The maximum atomic E-state index is 13.2. The van der Waals surface area contributed by atoms with Crippen LogP contribution in [0.5, 0.6) is 0 Å². The van der Waals surface area contributed by atoms with E-state index in [1.165, 1.54) is 17.0 Å². The Morgan fingerprint density at radius 2 is 1.62 bits per heavy atom. The third-order valence-corrected chi connectivity index (χ3v) is 9.23. The molecule has 3 aromatic rings. The van der Waals surface area contributed by atoms with Crippen molar-refractivity contribution < 1.29 is 9.39 Å². The third-order valence-electron chi connectivity index (χ3n) is 8.26. The molecule has 0 spiro atoms. The first kappa shape index (κ1) is 28.7. The first-order valence-electron chi connectivity index (χ1n) is 13.5. The van der Waals surface area contributed by atoms with Gasteiger partial charge >= 0.3 is 0 Å². The maximum Gasteiger partial charge on any atom is 0.256 e. The lowest BCUT2D eigenvalue weighted by atomic mass is 10.0. The van der Waals surface area contributed by atoms with E-state index in [4.69, 9.17) is 5.10 Å². The Labute approximate surface area is 252 Å². The number of hydrogen-bond acceptors (Lipinski definition) is 4. The van der Waals surface area contributed by atoms with Gasteiger partial charge in [0, 0.05) is 30.0 Å². The summed E-state index contributed by atoms with van der Waals surface area (Å²) in [4.78, 5) is 15.2. The zero-order valence-electron chi connectivity index (χ0n) is 22.3. The molecule has 6 nitrogen and oxygen atoms in total. The van der Waals surface area contributed by atoms with E-state index in [2.05, 4.69) is 94.8 Å². The molecule has 0 N–H and O–H groups in total. The maximum absolute atomic E-state index is 13.2. The number of piperidine rings is 1. The van der Waals surface area contributed by atoms with Crippen LogP contribution in [0.4, 0.5) is 0 Å². The number of hydrogen-bond donors (Lipinski definition) is 0. The van der Waals surface area contributed by atoms with E-state index >= 15 is 0 Å². The number of rotatable bonds is 5. The number of aromatic nitrogens is 2. The molecule has 1 atom stereocenters. The highest BCUT2D eigenvalue weighted by Gasteiger charge is 2.48. The Hall–Kier alpha value is -2.81. The molecule has 2 fully saturated rings. The highest BCUT2D eigenvalue weighted by atomic mass is 35.5. The van der Waals surface area contributed by atoms with Crippen LogP contribution in [0.3, 0.4) is 0 Å². The molecule has 2 aromatic carbocycles. The standard InChI is InChI=1S/C31H32N5OS.2ClH/c37-31(33-17-19-38-23-33)26-20-28-12-7-18-36(28,22-26)34-15-13-27(14-16-34)35-30(25-10-5-2-6-11-25)21-29(32-35)24-8-3-1-4-9-24;;/h1-12,18,20-21,27H,13-17,19,22-23H2;2*1H/q+1;;/t36-;;/m1../s1. The van der Waals surface area contributed by atoms with Crippen LogP contribution in [0, 0.1) is 0 Å². The van der Waals surface area contributed by atoms with Crippen molar-refractivity contribution >= 4 is 42.5 Å². The van der Waals surface area contributed by atoms with E-state index in [1.54, 1.807) is 0 Å². The molecule has 208 valence electrons. The summed E-state index contributed by atoms with van der Waals surface area (Å²) >= 11 is 1.84. The normalized spacial score (nSPS) is 22.4. The summed E-state index contributed by atoms with van der Waals surface area (Å²) in [6.45, 7) is 3.49. The van der Waals surface area contributed by atoms with Crippen molar-refractivity contribution in [3.05, 3.63) is 102 Å². The summed E-state index contributed by atoms with van der Waals surface area (Å²) < 4.78 is 2.93. The summed E-state index contributed by atoms with van der Waals surface area (Å²) in [5.74, 6) is 2.07. The number of amides is 1. The van der Waals surface area contributed by atoms with Crippen LogP contribution >= 0.6 is 36.6 Å². The molecular weight excluding hydrogens is 561 g/mol. The van der Waals surface area contributed by atoms with Crippen molar-refractivity contribution in [1.29, 1.82) is 0 Å². The second-order valence-electron chi connectivity index (χ2n) is 10.5. The number of allylic oxidation sites excluding steroid dienone is 3. The average molecular weight is 596 g/mol. The summed E-state index contributed by atoms with van der Waals surface area (Å²) in [7, 11) is 0. The van der Waals surface area contributed by atoms with Crippen LogP contribution in [0.25, 0.3) is 22.5 Å². The Morgan fingerprint density at radius 3 is 2.30 bits per heavy atom. The van der Waals surface area contributed by atoms with E-state index in [0.29, 0.717) is 10.6 Å². The second kappa shape index (κ2) is 12.0. The van der Waals surface area contributed by atoms with Gasteiger partial charge in [0.25, 0.3) is 5.91 Å². The van der Waals surface area contributed by atoms with Crippen LogP contribution in [-0.2, 0) is 4.79 Å². The van der Waals surface area contributed by atoms with E-state index in [0.717, 1.165) is 67.5 Å².